The number of hydrogen-bond donors (Lipinski definition) is 1. The van der Waals surface area contributed by atoms with Gasteiger partial charge in [0, 0.05) is 32.7 Å². The average Bonchev–Trinajstić information content (AvgIpc) is 2.68. The molecule has 1 saturated heterocycles. The van der Waals surface area contributed by atoms with Crippen molar-refractivity contribution in [2.45, 2.75) is 52.2 Å². The maximum Gasteiger partial charge on any atom is 0.410 e. The smallest absolute Gasteiger partial charge is 0.410 e. The minimum atomic E-state index is -0.458. The number of benzene rings is 1. The van der Waals surface area contributed by atoms with E-state index in [-0.39, 0.29) is 12.2 Å². The van der Waals surface area contributed by atoms with Crippen LogP contribution in [0.25, 0.3) is 0 Å². The van der Waals surface area contributed by atoms with Gasteiger partial charge in [0.2, 0.25) is 0 Å². The minimum absolute atomic E-state index is 0.235. The quantitative estimate of drug-likeness (QED) is 0.669. The lowest BCUT2D eigenvalue weighted by Crippen LogP contribution is -2.48. The fraction of sp³-hybridized carbons (Fsp3) is 0.636. The van der Waals surface area contributed by atoms with Crippen LogP contribution >= 0.6 is 0 Å². The molecule has 162 valence electrons. The molecular weight excluding hydrogens is 370 g/mol. The Morgan fingerprint density at radius 2 is 1.69 bits per heavy atom. The van der Waals surface area contributed by atoms with Crippen molar-refractivity contribution in [2.75, 3.05) is 39.3 Å². The molecule has 1 aliphatic rings. The summed E-state index contributed by atoms with van der Waals surface area (Å²) in [6, 6.07) is 9.73. The number of alkyl carbamates (subject to hydrolysis) is 1. The van der Waals surface area contributed by atoms with Crippen LogP contribution in [0.2, 0.25) is 0 Å². The summed E-state index contributed by atoms with van der Waals surface area (Å²) >= 11 is 0. The molecule has 2 amide bonds. The summed E-state index contributed by atoms with van der Waals surface area (Å²) in [5.74, 6) is 0. The Labute approximate surface area is 174 Å². The predicted octanol–water partition coefficient (Wildman–Crippen LogP) is 3.64. The van der Waals surface area contributed by atoms with E-state index in [1.807, 2.05) is 51.1 Å². The van der Waals surface area contributed by atoms with Gasteiger partial charge in [-0.3, -0.25) is 4.90 Å². The number of nitrogens with zero attached hydrogens (tertiary/aromatic N) is 2. The Balaban J connectivity index is 1.50. The van der Waals surface area contributed by atoms with Crippen LogP contribution in [0, 0.1) is 0 Å². The molecule has 0 unspecified atom stereocenters. The zero-order valence-electron chi connectivity index (χ0n) is 18.0. The summed E-state index contributed by atoms with van der Waals surface area (Å²) in [4.78, 5) is 27.9. The molecular formula is C22H35N3O4. The number of nitrogens with one attached hydrogen (secondary N) is 1. The second-order valence-corrected chi connectivity index (χ2v) is 8.36. The average molecular weight is 406 g/mol. The largest absolute Gasteiger partial charge is 0.445 e. The molecule has 1 aromatic rings. The standard InChI is InChI=1S/C22H35N3O4/c1-22(2,3)29-20(26)23-12-8-5-9-13-24-14-16-25(17-15-24)21(27)28-18-19-10-6-4-7-11-19/h4,6-7,10-11H,5,8-9,12-18H2,1-3H3,(H,23,26). The lowest BCUT2D eigenvalue weighted by Gasteiger charge is -2.34. The van der Waals surface area contributed by atoms with Crippen LogP contribution < -0.4 is 5.32 Å². The third kappa shape index (κ3) is 9.65. The molecule has 0 radical (unpaired) electrons. The summed E-state index contributed by atoms with van der Waals surface area (Å²) < 4.78 is 10.6. The van der Waals surface area contributed by atoms with Crippen molar-refractivity contribution < 1.29 is 19.1 Å². The number of unbranched alkanes of at least 4 members (excludes halogenated alkanes) is 2. The van der Waals surface area contributed by atoms with E-state index in [1.54, 1.807) is 4.90 Å². The van der Waals surface area contributed by atoms with Gasteiger partial charge < -0.3 is 19.7 Å². The summed E-state index contributed by atoms with van der Waals surface area (Å²) in [6.45, 7) is 10.7. The van der Waals surface area contributed by atoms with Gasteiger partial charge in [0.25, 0.3) is 0 Å². The Kier molecular flexibility index (Phi) is 9.25. The first-order valence-corrected chi connectivity index (χ1v) is 10.5. The van der Waals surface area contributed by atoms with E-state index in [4.69, 9.17) is 9.47 Å². The number of amides is 2. The van der Waals surface area contributed by atoms with Crippen LogP contribution in [0.15, 0.2) is 30.3 Å². The first-order chi connectivity index (χ1) is 13.8. The Hall–Kier alpha value is -2.28. The molecule has 7 nitrogen and oxygen atoms in total. The fourth-order valence-electron chi connectivity index (χ4n) is 3.11. The van der Waals surface area contributed by atoms with Crippen molar-refractivity contribution in [3.63, 3.8) is 0 Å². The molecule has 29 heavy (non-hydrogen) atoms. The van der Waals surface area contributed by atoms with Crippen molar-refractivity contribution in [3.05, 3.63) is 35.9 Å². The highest BCUT2D eigenvalue weighted by molar-refractivity contribution is 5.68. The number of rotatable bonds is 8. The lowest BCUT2D eigenvalue weighted by atomic mass is 10.2. The van der Waals surface area contributed by atoms with E-state index in [9.17, 15) is 9.59 Å². The normalized spacial score (nSPS) is 15.1. The molecule has 1 heterocycles. The van der Waals surface area contributed by atoms with E-state index in [0.717, 1.165) is 44.5 Å². The van der Waals surface area contributed by atoms with E-state index in [1.165, 1.54) is 0 Å². The van der Waals surface area contributed by atoms with Gasteiger partial charge in [-0.25, -0.2) is 9.59 Å². The van der Waals surface area contributed by atoms with Gasteiger partial charge >= 0.3 is 12.2 Å². The molecule has 1 N–H and O–H groups in total. The van der Waals surface area contributed by atoms with Crippen molar-refractivity contribution >= 4 is 12.2 Å². The van der Waals surface area contributed by atoms with Crippen LogP contribution in [0.3, 0.4) is 0 Å². The van der Waals surface area contributed by atoms with E-state index in [2.05, 4.69) is 10.2 Å². The second-order valence-electron chi connectivity index (χ2n) is 8.36. The molecule has 0 saturated carbocycles. The number of hydrogen-bond acceptors (Lipinski definition) is 5. The fourth-order valence-corrected chi connectivity index (χ4v) is 3.11. The van der Waals surface area contributed by atoms with Crippen LogP contribution in [0.5, 0.6) is 0 Å². The zero-order chi connectivity index (χ0) is 21.1. The summed E-state index contributed by atoms with van der Waals surface area (Å²) in [5, 5.41) is 2.79. The third-order valence-electron chi connectivity index (χ3n) is 4.65. The van der Waals surface area contributed by atoms with E-state index in [0.29, 0.717) is 26.2 Å². The van der Waals surface area contributed by atoms with Crippen molar-refractivity contribution in [3.8, 4) is 0 Å². The van der Waals surface area contributed by atoms with Gasteiger partial charge in [-0.1, -0.05) is 36.8 Å². The highest BCUT2D eigenvalue weighted by atomic mass is 16.6. The first kappa shape index (κ1) is 23.0. The topological polar surface area (TPSA) is 71.1 Å². The van der Waals surface area contributed by atoms with Gasteiger partial charge in [0.05, 0.1) is 0 Å². The maximum absolute atomic E-state index is 12.2. The molecule has 1 aliphatic heterocycles. The molecule has 0 spiro atoms. The number of piperazine rings is 1. The van der Waals surface area contributed by atoms with Crippen LogP contribution in [0.4, 0.5) is 9.59 Å². The molecule has 1 fully saturated rings. The Morgan fingerprint density at radius 3 is 2.34 bits per heavy atom. The van der Waals surface area contributed by atoms with Gasteiger partial charge in [0.1, 0.15) is 12.2 Å². The van der Waals surface area contributed by atoms with Crippen LogP contribution in [0.1, 0.15) is 45.6 Å². The first-order valence-electron chi connectivity index (χ1n) is 10.5. The van der Waals surface area contributed by atoms with Crippen LogP contribution in [-0.4, -0.2) is 66.9 Å². The predicted molar refractivity (Wildman–Crippen MR) is 113 cm³/mol. The van der Waals surface area contributed by atoms with Crippen LogP contribution in [-0.2, 0) is 16.1 Å². The highest BCUT2D eigenvalue weighted by Crippen LogP contribution is 2.09. The Bertz CT molecular complexity index is 623. The summed E-state index contributed by atoms with van der Waals surface area (Å²) in [7, 11) is 0. The molecule has 1 aromatic carbocycles. The molecule has 2 rings (SSSR count). The highest BCUT2D eigenvalue weighted by Gasteiger charge is 2.21. The molecule has 7 heteroatoms. The monoisotopic (exact) mass is 405 g/mol. The third-order valence-corrected chi connectivity index (χ3v) is 4.65. The van der Waals surface area contributed by atoms with Gasteiger partial charge in [0.15, 0.2) is 0 Å². The zero-order valence-corrected chi connectivity index (χ0v) is 18.0. The Morgan fingerprint density at radius 1 is 1.00 bits per heavy atom. The van der Waals surface area contributed by atoms with Crippen molar-refractivity contribution in [1.29, 1.82) is 0 Å². The number of carbonyl (C=O) groups is 2. The molecule has 0 aliphatic carbocycles. The maximum atomic E-state index is 12.2. The van der Waals surface area contributed by atoms with E-state index < -0.39 is 5.60 Å². The number of ether oxygens (including phenoxy) is 2. The summed E-state index contributed by atoms with van der Waals surface area (Å²) in [6.07, 6.45) is 2.48. The molecule has 0 atom stereocenters. The molecule has 0 aromatic heterocycles. The van der Waals surface area contributed by atoms with Crippen molar-refractivity contribution in [1.82, 2.24) is 15.1 Å². The van der Waals surface area contributed by atoms with E-state index >= 15 is 0 Å². The minimum Gasteiger partial charge on any atom is -0.445 e. The van der Waals surface area contributed by atoms with Crippen molar-refractivity contribution in [2.24, 2.45) is 0 Å². The van der Waals surface area contributed by atoms with Gasteiger partial charge in [-0.15, -0.1) is 0 Å². The second kappa shape index (κ2) is 11.7. The lowest BCUT2D eigenvalue weighted by molar-refractivity contribution is 0.0525. The summed E-state index contributed by atoms with van der Waals surface area (Å²) in [5.41, 5.74) is 0.542. The SMILES string of the molecule is CC(C)(C)OC(=O)NCCCCCN1CCN(C(=O)OCc2ccccc2)CC1. The number of carbonyl (C=O) groups excluding carboxylic acids is 2. The van der Waals surface area contributed by atoms with Gasteiger partial charge in [-0.05, 0) is 45.7 Å². The molecule has 0 bridgehead atoms. The van der Waals surface area contributed by atoms with Gasteiger partial charge in [-0.2, -0.15) is 0 Å².